The summed E-state index contributed by atoms with van der Waals surface area (Å²) >= 11 is 0. The number of hydrogen-bond acceptors (Lipinski definition) is 3. The van der Waals surface area contributed by atoms with Crippen molar-refractivity contribution in [3.63, 3.8) is 0 Å². The Bertz CT molecular complexity index is 1280. The Morgan fingerprint density at radius 2 is 1.51 bits per heavy atom. The summed E-state index contributed by atoms with van der Waals surface area (Å²) in [4.78, 5) is 23.8. The number of hydrogen-bond donors (Lipinski definition) is 2. The smallest absolute Gasteiger partial charge is 0.329 e. The second kappa shape index (κ2) is 10.5. The van der Waals surface area contributed by atoms with E-state index >= 15 is 0 Å². The van der Waals surface area contributed by atoms with E-state index in [2.05, 4.69) is 10.5 Å². The van der Waals surface area contributed by atoms with Crippen LogP contribution in [0.4, 0.5) is 45.6 Å². The number of nitrogens with zero attached hydrogens (tertiary/aromatic N) is 1. The quantitative estimate of drug-likeness (QED) is 0.262. The molecule has 0 fully saturated rings. The Kier molecular flexibility index (Phi) is 7.84. The van der Waals surface area contributed by atoms with E-state index in [0.717, 1.165) is 18.2 Å². The maximum atomic E-state index is 14.5. The molecule has 0 saturated carbocycles. The molecule has 196 valence electrons. The van der Waals surface area contributed by atoms with Crippen LogP contribution in [0.25, 0.3) is 0 Å². The van der Waals surface area contributed by atoms with E-state index < -0.39 is 65.3 Å². The number of nitrogens with one attached hydrogen (secondary N) is 2. The van der Waals surface area contributed by atoms with Gasteiger partial charge in [-0.05, 0) is 46.1 Å². The maximum Gasteiger partial charge on any atom is 0.419 e. The van der Waals surface area contributed by atoms with Crippen molar-refractivity contribution in [3.8, 4) is 0 Å². The average Bonchev–Trinajstić information content (AvgIpc) is 2.81. The first kappa shape index (κ1) is 27.6. The summed E-state index contributed by atoms with van der Waals surface area (Å²) in [7, 11) is 0. The van der Waals surface area contributed by atoms with Gasteiger partial charge in [-0.25, -0.2) is 13.6 Å². The number of rotatable bonds is 7. The molecule has 0 aliphatic heterocycles. The van der Waals surface area contributed by atoms with Gasteiger partial charge in [-0.2, -0.15) is 26.3 Å². The normalized spacial score (nSPS) is 13.5. The van der Waals surface area contributed by atoms with Gasteiger partial charge in [-0.15, -0.1) is 4.91 Å². The molecule has 3 rings (SSSR count). The van der Waals surface area contributed by atoms with E-state index in [9.17, 15) is 44.8 Å². The lowest BCUT2D eigenvalue weighted by Gasteiger charge is -2.37. The zero-order valence-corrected chi connectivity index (χ0v) is 18.6. The lowest BCUT2D eigenvalue weighted by atomic mass is 9.77. The van der Waals surface area contributed by atoms with E-state index in [4.69, 9.17) is 0 Å². The molecule has 2 amide bonds. The Morgan fingerprint density at radius 1 is 0.838 bits per heavy atom. The summed E-state index contributed by atoms with van der Waals surface area (Å²) in [6, 6.07) is 10.3. The van der Waals surface area contributed by atoms with Gasteiger partial charge >= 0.3 is 18.4 Å². The number of benzene rings is 3. The van der Waals surface area contributed by atoms with Crippen molar-refractivity contribution >= 4 is 11.7 Å². The number of urea groups is 1. The number of alkyl halides is 6. The Balaban J connectivity index is 2.31. The van der Waals surface area contributed by atoms with Gasteiger partial charge in [0.25, 0.3) is 0 Å². The Hall–Kier alpha value is -4.03. The monoisotopic (exact) mass is 531 g/mol. The summed E-state index contributed by atoms with van der Waals surface area (Å²) in [6.07, 6.45) is -10.4. The molecule has 0 saturated heterocycles. The fourth-order valence-electron chi connectivity index (χ4n) is 3.76. The third-order valence-electron chi connectivity index (χ3n) is 5.33. The summed E-state index contributed by atoms with van der Waals surface area (Å²) < 4.78 is 107. The molecule has 2 N–H and O–H groups in total. The van der Waals surface area contributed by atoms with Gasteiger partial charge in [-0.1, -0.05) is 36.4 Å². The first-order valence-electron chi connectivity index (χ1n) is 10.4. The van der Waals surface area contributed by atoms with Crippen molar-refractivity contribution < 1.29 is 39.9 Å². The van der Waals surface area contributed by atoms with Crippen LogP contribution in [0.5, 0.6) is 0 Å². The fraction of sp³-hybridized carbons (Fsp3) is 0.208. The molecule has 0 aliphatic rings. The van der Waals surface area contributed by atoms with Gasteiger partial charge in [0.1, 0.15) is 23.9 Å². The first-order valence-corrected chi connectivity index (χ1v) is 10.4. The van der Waals surface area contributed by atoms with Crippen LogP contribution in [-0.4, -0.2) is 18.8 Å². The van der Waals surface area contributed by atoms with E-state index in [0.29, 0.717) is 23.8 Å². The minimum Gasteiger partial charge on any atom is -0.329 e. The number of amides is 2. The number of carbonyl (C=O) groups excluding carboxylic acids is 1. The van der Waals surface area contributed by atoms with Crippen LogP contribution in [0.3, 0.4) is 0 Å². The lowest BCUT2D eigenvalue weighted by molar-refractivity contribution is -0.140. The molecule has 0 aliphatic carbocycles. The van der Waals surface area contributed by atoms with Crippen LogP contribution in [0, 0.1) is 16.5 Å². The van der Waals surface area contributed by atoms with Crippen molar-refractivity contribution in [2.75, 3.05) is 6.54 Å². The first-order chi connectivity index (χ1) is 17.2. The maximum absolute atomic E-state index is 14.5. The zero-order valence-electron chi connectivity index (χ0n) is 18.6. The number of nitroso groups, excluding NO2 is 1. The predicted molar refractivity (Wildman–Crippen MR) is 117 cm³/mol. The third-order valence-corrected chi connectivity index (χ3v) is 5.33. The average molecular weight is 531 g/mol. The molecular formula is C24H17F8N3O2. The van der Waals surface area contributed by atoms with E-state index in [1.807, 2.05) is 0 Å². The number of halogens is 8. The van der Waals surface area contributed by atoms with Crippen LogP contribution < -0.4 is 10.6 Å². The molecule has 37 heavy (non-hydrogen) atoms. The minimum absolute atomic E-state index is 0.326. The van der Waals surface area contributed by atoms with Gasteiger partial charge in [-0.3, -0.25) is 0 Å². The van der Waals surface area contributed by atoms with Crippen molar-refractivity contribution in [2.24, 2.45) is 5.18 Å². The molecule has 1 atom stereocenters. The minimum atomic E-state index is -5.19. The van der Waals surface area contributed by atoms with Crippen molar-refractivity contribution in [2.45, 2.75) is 24.3 Å². The second-order valence-electron chi connectivity index (χ2n) is 7.97. The third kappa shape index (κ3) is 6.80. The molecule has 13 heteroatoms. The molecule has 0 aromatic heterocycles. The summed E-state index contributed by atoms with van der Waals surface area (Å²) in [5.41, 5.74) is -4.89. The van der Waals surface area contributed by atoms with E-state index in [-0.39, 0.29) is 5.56 Å². The largest absolute Gasteiger partial charge is 0.419 e. The molecule has 3 aromatic rings. The van der Waals surface area contributed by atoms with Gasteiger partial charge in [0.2, 0.25) is 0 Å². The zero-order chi connectivity index (χ0) is 27.4. The summed E-state index contributed by atoms with van der Waals surface area (Å²) in [6.45, 7) is -1.79. The van der Waals surface area contributed by atoms with Gasteiger partial charge in [0, 0.05) is 12.5 Å². The topological polar surface area (TPSA) is 70.6 Å². The highest BCUT2D eigenvalue weighted by Crippen LogP contribution is 2.40. The standard InChI is InChI=1S/C24H17F8N3O2/c25-17-8-16(9-18(11-17)35-37)22(12-14-4-2-1-3-5-14,34-21(36)33-13-23(27,28)29)15-6-7-20(26)19(10-15)24(30,31)32/h1-11H,12-13H2,(H2,33,34,36)/t22-/m1/s1. The molecule has 0 spiro atoms. The lowest BCUT2D eigenvalue weighted by Crippen LogP contribution is -2.53. The van der Waals surface area contributed by atoms with Crippen molar-refractivity contribution in [3.05, 3.63) is 106 Å². The Morgan fingerprint density at radius 3 is 2.11 bits per heavy atom. The van der Waals surface area contributed by atoms with Gasteiger partial charge < -0.3 is 10.6 Å². The molecule has 0 unspecified atom stereocenters. The van der Waals surface area contributed by atoms with Crippen LogP contribution in [-0.2, 0) is 18.1 Å². The van der Waals surface area contributed by atoms with Crippen molar-refractivity contribution in [1.82, 2.24) is 10.6 Å². The van der Waals surface area contributed by atoms with Crippen LogP contribution in [0.15, 0.2) is 71.9 Å². The predicted octanol–water partition coefficient (Wildman–Crippen LogP) is 6.73. The number of carbonyl (C=O) groups is 1. The molecule has 0 heterocycles. The van der Waals surface area contributed by atoms with Gasteiger partial charge in [0.15, 0.2) is 0 Å². The summed E-state index contributed by atoms with van der Waals surface area (Å²) in [5, 5.41) is 6.38. The van der Waals surface area contributed by atoms with Gasteiger partial charge in [0.05, 0.1) is 11.1 Å². The molecule has 0 radical (unpaired) electrons. The highest BCUT2D eigenvalue weighted by Gasteiger charge is 2.41. The van der Waals surface area contributed by atoms with Crippen molar-refractivity contribution in [1.29, 1.82) is 0 Å². The van der Waals surface area contributed by atoms with Crippen LogP contribution in [0.1, 0.15) is 22.3 Å². The van der Waals surface area contributed by atoms with Crippen LogP contribution >= 0.6 is 0 Å². The fourth-order valence-corrected chi connectivity index (χ4v) is 3.76. The molecular weight excluding hydrogens is 514 g/mol. The SMILES string of the molecule is O=Nc1cc(F)cc([C@](Cc2ccccc2)(NC(=O)NCC(F)(F)F)c2ccc(F)c(C(F)(F)F)c2)c1. The molecule has 5 nitrogen and oxygen atoms in total. The highest BCUT2D eigenvalue weighted by molar-refractivity contribution is 5.76. The Labute approximate surface area is 204 Å². The van der Waals surface area contributed by atoms with E-state index in [1.165, 1.54) is 12.1 Å². The second-order valence-corrected chi connectivity index (χ2v) is 7.97. The van der Waals surface area contributed by atoms with E-state index in [1.54, 1.807) is 23.5 Å². The molecule has 3 aromatic carbocycles. The summed E-state index contributed by atoms with van der Waals surface area (Å²) in [5.74, 6) is -2.72. The highest BCUT2D eigenvalue weighted by atomic mass is 19.4. The van der Waals surface area contributed by atoms with Crippen LogP contribution in [0.2, 0.25) is 0 Å². The molecule has 0 bridgehead atoms.